The van der Waals surface area contributed by atoms with E-state index < -0.39 is 0 Å². The highest BCUT2D eigenvalue weighted by atomic mass is 16.1. The van der Waals surface area contributed by atoms with Crippen LogP contribution >= 0.6 is 0 Å². The minimum Gasteiger partial charge on any atom is -0.378 e. The lowest BCUT2D eigenvalue weighted by molar-refractivity contribution is 0.696. The van der Waals surface area contributed by atoms with Crippen molar-refractivity contribution in [3.8, 4) is 0 Å². The molecule has 0 fully saturated rings. The van der Waals surface area contributed by atoms with Gasteiger partial charge in [-0.3, -0.25) is 9.59 Å². The van der Waals surface area contributed by atoms with Crippen molar-refractivity contribution >= 4 is 17.8 Å². The summed E-state index contributed by atoms with van der Waals surface area (Å²) in [5, 5.41) is 0.708. The predicted octanol–water partition coefficient (Wildman–Crippen LogP) is 0.808. The first-order valence-corrected chi connectivity index (χ1v) is 8.70. The van der Waals surface area contributed by atoms with E-state index in [9.17, 15) is 9.59 Å². The Hall–Kier alpha value is -3.34. The van der Waals surface area contributed by atoms with Crippen molar-refractivity contribution in [3.05, 3.63) is 97.1 Å². The van der Waals surface area contributed by atoms with Crippen molar-refractivity contribution < 1.29 is 0 Å². The highest BCUT2D eigenvalue weighted by Crippen LogP contribution is 2.12. The number of aromatic nitrogens is 2. The van der Waals surface area contributed by atoms with Gasteiger partial charge in [-0.2, -0.15) is 0 Å². The Bertz CT molecular complexity index is 1190. The summed E-state index contributed by atoms with van der Waals surface area (Å²) in [7, 11) is 7.21. The van der Waals surface area contributed by atoms with Crippen molar-refractivity contribution in [2.24, 2.45) is 14.1 Å². The Morgan fingerprint density at radius 1 is 0.704 bits per heavy atom. The fraction of sp³-hybridized carbons (Fsp3) is 0.182. The molecule has 5 heteroatoms. The number of hydrogen-bond donors (Lipinski definition) is 0. The summed E-state index contributed by atoms with van der Waals surface area (Å²) in [6.07, 6.45) is 3.48. The topological polar surface area (TPSA) is 47.2 Å². The molecule has 0 atom stereocenters. The van der Waals surface area contributed by atoms with Crippen LogP contribution in [-0.2, 0) is 14.1 Å². The second-order valence-electron chi connectivity index (χ2n) is 6.68. The monoisotopic (exact) mass is 361 g/mol. The molecule has 0 saturated carbocycles. The van der Waals surface area contributed by atoms with Gasteiger partial charge in [-0.1, -0.05) is 42.5 Å². The Labute approximate surface area is 157 Å². The van der Waals surface area contributed by atoms with Gasteiger partial charge in [-0.25, -0.2) is 0 Å². The quantitative estimate of drug-likeness (QED) is 0.694. The van der Waals surface area contributed by atoms with Gasteiger partial charge >= 0.3 is 0 Å². The molecule has 0 saturated heterocycles. The SMILES string of the molecule is CN(C)c1ccc(/C=c2/c(=O)n(C)/c(=C\c3ccccc3)c(=O)n2C)cc1. The lowest BCUT2D eigenvalue weighted by Crippen LogP contribution is -2.56. The van der Waals surface area contributed by atoms with Crippen molar-refractivity contribution in [2.45, 2.75) is 0 Å². The molecule has 27 heavy (non-hydrogen) atoms. The van der Waals surface area contributed by atoms with E-state index in [1.54, 1.807) is 26.2 Å². The molecule has 0 bridgehead atoms. The third-order valence-electron chi connectivity index (χ3n) is 4.59. The number of benzene rings is 2. The highest BCUT2D eigenvalue weighted by molar-refractivity contribution is 5.55. The Morgan fingerprint density at radius 3 is 1.59 bits per heavy atom. The maximum Gasteiger partial charge on any atom is 0.274 e. The zero-order chi connectivity index (χ0) is 19.6. The summed E-state index contributed by atoms with van der Waals surface area (Å²) in [5.41, 5.74) is 2.39. The average molecular weight is 361 g/mol. The molecule has 0 spiro atoms. The highest BCUT2D eigenvalue weighted by Gasteiger charge is 2.06. The van der Waals surface area contributed by atoms with Crippen molar-refractivity contribution in [1.29, 1.82) is 0 Å². The van der Waals surface area contributed by atoms with E-state index in [1.165, 1.54) is 9.13 Å². The van der Waals surface area contributed by atoms with Crippen LogP contribution < -0.4 is 26.7 Å². The molecule has 1 aromatic heterocycles. The smallest absolute Gasteiger partial charge is 0.274 e. The molecule has 0 aliphatic rings. The molecule has 1 heterocycles. The van der Waals surface area contributed by atoms with Crippen LogP contribution in [0.4, 0.5) is 5.69 Å². The van der Waals surface area contributed by atoms with E-state index in [-0.39, 0.29) is 11.1 Å². The van der Waals surface area contributed by atoms with Gasteiger partial charge in [-0.15, -0.1) is 0 Å². The molecule has 0 aliphatic carbocycles. The predicted molar refractivity (Wildman–Crippen MR) is 111 cm³/mol. The largest absolute Gasteiger partial charge is 0.378 e. The van der Waals surface area contributed by atoms with Crippen LogP contribution in [0.5, 0.6) is 0 Å². The summed E-state index contributed by atoms with van der Waals surface area (Å²) < 4.78 is 2.83. The summed E-state index contributed by atoms with van der Waals surface area (Å²) in [6.45, 7) is 0. The summed E-state index contributed by atoms with van der Waals surface area (Å²) in [5.74, 6) is 0. The fourth-order valence-electron chi connectivity index (χ4n) is 2.90. The normalized spacial score (nSPS) is 12.4. The minimum absolute atomic E-state index is 0.211. The van der Waals surface area contributed by atoms with Gasteiger partial charge < -0.3 is 14.0 Å². The maximum atomic E-state index is 12.9. The second kappa shape index (κ2) is 7.50. The minimum atomic E-state index is -0.212. The van der Waals surface area contributed by atoms with Gasteiger partial charge in [0.15, 0.2) is 0 Å². The van der Waals surface area contributed by atoms with Crippen molar-refractivity contribution in [3.63, 3.8) is 0 Å². The molecular formula is C22H23N3O2. The first-order valence-electron chi connectivity index (χ1n) is 8.70. The first-order chi connectivity index (χ1) is 12.9. The van der Waals surface area contributed by atoms with Crippen LogP contribution in [0, 0.1) is 0 Å². The lowest BCUT2D eigenvalue weighted by atomic mass is 10.2. The number of rotatable bonds is 3. The number of anilines is 1. The van der Waals surface area contributed by atoms with Gasteiger partial charge in [-0.05, 0) is 35.4 Å². The zero-order valence-electron chi connectivity index (χ0n) is 16.0. The molecule has 5 nitrogen and oxygen atoms in total. The molecule has 0 amide bonds. The molecule has 0 radical (unpaired) electrons. The number of hydrogen-bond acceptors (Lipinski definition) is 3. The molecule has 0 N–H and O–H groups in total. The van der Waals surface area contributed by atoms with Crippen molar-refractivity contribution in [2.75, 3.05) is 19.0 Å². The zero-order valence-corrected chi connectivity index (χ0v) is 16.0. The van der Waals surface area contributed by atoms with Gasteiger partial charge in [0.25, 0.3) is 11.1 Å². The van der Waals surface area contributed by atoms with E-state index >= 15 is 0 Å². The Balaban J connectivity index is 2.21. The molecule has 2 aromatic carbocycles. The summed E-state index contributed by atoms with van der Waals surface area (Å²) in [4.78, 5) is 27.7. The van der Waals surface area contributed by atoms with Gasteiger partial charge in [0.1, 0.15) is 10.7 Å². The van der Waals surface area contributed by atoms with Gasteiger partial charge in [0.2, 0.25) is 0 Å². The molecule has 138 valence electrons. The van der Waals surface area contributed by atoms with Crippen LogP contribution in [0.25, 0.3) is 12.2 Å². The van der Waals surface area contributed by atoms with Crippen LogP contribution in [-0.4, -0.2) is 23.2 Å². The fourth-order valence-corrected chi connectivity index (χ4v) is 2.90. The van der Waals surface area contributed by atoms with E-state index in [1.807, 2.05) is 73.6 Å². The maximum absolute atomic E-state index is 12.9. The average Bonchev–Trinajstić information content (AvgIpc) is 2.68. The number of nitrogens with zero attached hydrogens (tertiary/aromatic N) is 3. The third-order valence-corrected chi connectivity index (χ3v) is 4.59. The molecule has 0 aliphatic heterocycles. The first kappa shape index (κ1) is 18.5. The Kier molecular flexibility index (Phi) is 5.12. The van der Waals surface area contributed by atoms with E-state index in [4.69, 9.17) is 0 Å². The second-order valence-corrected chi connectivity index (χ2v) is 6.68. The molecule has 0 unspecified atom stereocenters. The third kappa shape index (κ3) is 3.77. The van der Waals surface area contributed by atoms with Crippen molar-refractivity contribution in [1.82, 2.24) is 9.13 Å². The lowest BCUT2D eigenvalue weighted by Gasteiger charge is -2.12. The van der Waals surface area contributed by atoms with Crippen LogP contribution in [0.3, 0.4) is 0 Å². The van der Waals surface area contributed by atoms with E-state index in [0.717, 1.165) is 16.8 Å². The summed E-state index contributed by atoms with van der Waals surface area (Å²) in [6, 6.07) is 17.3. The van der Waals surface area contributed by atoms with Crippen LogP contribution in [0.15, 0.2) is 64.2 Å². The van der Waals surface area contributed by atoms with Crippen LogP contribution in [0.1, 0.15) is 11.1 Å². The molecule has 3 rings (SSSR count). The summed E-state index contributed by atoms with van der Waals surface area (Å²) >= 11 is 0. The van der Waals surface area contributed by atoms with Crippen LogP contribution in [0.2, 0.25) is 0 Å². The van der Waals surface area contributed by atoms with E-state index in [0.29, 0.717) is 10.7 Å². The van der Waals surface area contributed by atoms with E-state index in [2.05, 4.69) is 0 Å². The standard InChI is InChI=1S/C22H23N3O2/c1-23(2)18-12-10-17(11-13-18)15-20-22(27)24(3)19(21(26)25(20)4)14-16-8-6-5-7-9-16/h5-15H,1-4H3/b19-14-,20-15-. The van der Waals surface area contributed by atoms with Gasteiger partial charge in [0.05, 0.1) is 0 Å². The Morgan fingerprint density at radius 2 is 1.15 bits per heavy atom. The molecule has 3 aromatic rings. The molecular weight excluding hydrogens is 338 g/mol. The van der Waals surface area contributed by atoms with Gasteiger partial charge in [0, 0.05) is 33.9 Å².